The van der Waals surface area contributed by atoms with Gasteiger partial charge in [-0.15, -0.1) is 0 Å². The number of hydrogen-bond acceptors (Lipinski definition) is 7. The maximum Gasteiger partial charge on any atom is 0.308 e. The molecular formula is C31H38N2O6. The van der Waals surface area contributed by atoms with Gasteiger partial charge in [0.15, 0.2) is 0 Å². The van der Waals surface area contributed by atoms with Gasteiger partial charge in [0.1, 0.15) is 17.1 Å². The van der Waals surface area contributed by atoms with Gasteiger partial charge in [0.2, 0.25) is 5.91 Å². The number of aryl methyl sites for hydroxylation is 1. The molecule has 3 aliphatic rings. The lowest BCUT2D eigenvalue weighted by Crippen LogP contribution is -2.68. The second-order valence-electron chi connectivity index (χ2n) is 11.4. The normalized spacial score (nSPS) is 27.1. The largest absolute Gasteiger partial charge is 0.469 e. The quantitative estimate of drug-likeness (QED) is 0.301. The zero-order valence-electron chi connectivity index (χ0n) is 23.0. The lowest BCUT2D eigenvalue weighted by Gasteiger charge is -2.59. The second kappa shape index (κ2) is 11.0. The van der Waals surface area contributed by atoms with Crippen molar-refractivity contribution in [3.63, 3.8) is 0 Å². The fourth-order valence-electron chi connectivity index (χ4n) is 6.64. The van der Waals surface area contributed by atoms with Crippen LogP contribution in [-0.4, -0.2) is 54.0 Å². The Hall–Kier alpha value is -3.39. The van der Waals surface area contributed by atoms with Crippen LogP contribution in [0, 0.1) is 12.8 Å². The number of piperidine rings is 1. The molecule has 1 N–H and O–H groups in total. The number of carbonyl (C=O) groups excluding carboxylic acids is 3. The Bertz CT molecular complexity index is 1260. The maximum absolute atomic E-state index is 13.0. The van der Waals surface area contributed by atoms with Crippen LogP contribution < -0.4 is 10.1 Å². The second-order valence-corrected chi connectivity index (χ2v) is 11.4. The van der Waals surface area contributed by atoms with Crippen molar-refractivity contribution in [2.75, 3.05) is 19.6 Å². The van der Waals surface area contributed by atoms with Crippen LogP contribution in [0.5, 0.6) is 5.75 Å². The number of rotatable bonds is 8. The Balaban J connectivity index is 1.46. The predicted molar refractivity (Wildman–Crippen MR) is 146 cm³/mol. The smallest absolute Gasteiger partial charge is 0.308 e. The third-order valence-corrected chi connectivity index (χ3v) is 8.56. The minimum Gasteiger partial charge on any atom is -0.469 e. The van der Waals surface area contributed by atoms with Gasteiger partial charge in [-0.05, 0) is 87.7 Å². The van der Waals surface area contributed by atoms with E-state index in [1.54, 1.807) is 18.4 Å². The number of nitrogens with zero attached hydrogens (tertiary/aromatic N) is 1. The van der Waals surface area contributed by atoms with Crippen LogP contribution in [0.4, 0.5) is 0 Å². The highest BCUT2D eigenvalue weighted by Crippen LogP contribution is 2.54. The number of benzene rings is 1. The van der Waals surface area contributed by atoms with Crippen molar-refractivity contribution < 1.29 is 28.3 Å². The SMILES string of the molecule is CC(=O)Oc1cccc([C@@]23CCN(CC4CC4)C[C@@]2(OC(C)=O)CC[C@@H](NC(=O)C=Cc2ccoc2C)C3)c1. The number of hydrogen-bond donors (Lipinski definition) is 1. The molecule has 5 rings (SSSR count). The van der Waals surface area contributed by atoms with Crippen molar-refractivity contribution >= 4 is 23.9 Å². The van der Waals surface area contributed by atoms with Gasteiger partial charge in [-0.3, -0.25) is 19.3 Å². The number of fused-ring (bicyclic) bond motifs is 1. The molecule has 3 atom stereocenters. The summed E-state index contributed by atoms with van der Waals surface area (Å²) in [6.07, 6.45) is 10.1. The van der Waals surface area contributed by atoms with Crippen LogP contribution in [0.15, 0.2) is 47.1 Å². The molecule has 1 aliphatic heterocycles. The number of furan rings is 1. The van der Waals surface area contributed by atoms with E-state index in [0.717, 1.165) is 42.3 Å². The van der Waals surface area contributed by atoms with E-state index in [2.05, 4.69) is 10.2 Å². The molecule has 8 heteroatoms. The molecule has 8 nitrogen and oxygen atoms in total. The topological polar surface area (TPSA) is 98.1 Å². The van der Waals surface area contributed by atoms with E-state index in [1.807, 2.05) is 31.2 Å². The number of amides is 1. The molecule has 1 aromatic carbocycles. The zero-order chi connectivity index (χ0) is 27.6. The molecule has 1 amide bonds. The third-order valence-electron chi connectivity index (χ3n) is 8.56. The number of esters is 2. The molecule has 2 aliphatic carbocycles. The summed E-state index contributed by atoms with van der Waals surface area (Å²) in [5.41, 5.74) is 0.545. The lowest BCUT2D eigenvalue weighted by atomic mass is 9.55. The molecular weight excluding hydrogens is 496 g/mol. The van der Waals surface area contributed by atoms with Crippen molar-refractivity contribution in [3.05, 3.63) is 59.6 Å². The minimum absolute atomic E-state index is 0.108. The summed E-state index contributed by atoms with van der Waals surface area (Å²) in [6.45, 7) is 7.26. The average molecular weight is 535 g/mol. The first-order valence-corrected chi connectivity index (χ1v) is 13.9. The monoisotopic (exact) mass is 534 g/mol. The summed E-state index contributed by atoms with van der Waals surface area (Å²) in [6, 6.07) is 9.31. The average Bonchev–Trinajstić information content (AvgIpc) is 3.60. The summed E-state index contributed by atoms with van der Waals surface area (Å²) < 4.78 is 17.1. The highest BCUT2D eigenvalue weighted by Gasteiger charge is 2.61. The van der Waals surface area contributed by atoms with Gasteiger partial charge < -0.3 is 19.2 Å². The van der Waals surface area contributed by atoms with Crippen LogP contribution in [0.25, 0.3) is 6.08 Å². The first-order valence-electron chi connectivity index (χ1n) is 13.9. The molecule has 0 spiro atoms. The van der Waals surface area contributed by atoms with Gasteiger partial charge in [-0.1, -0.05) is 12.1 Å². The van der Waals surface area contributed by atoms with Crippen molar-refractivity contribution in [2.24, 2.45) is 5.92 Å². The van der Waals surface area contributed by atoms with E-state index in [-0.39, 0.29) is 23.9 Å². The first-order chi connectivity index (χ1) is 18.7. The third kappa shape index (κ3) is 5.96. The molecule has 2 aromatic rings. The van der Waals surface area contributed by atoms with Gasteiger partial charge in [0, 0.05) is 50.0 Å². The van der Waals surface area contributed by atoms with Crippen molar-refractivity contribution in [1.82, 2.24) is 10.2 Å². The molecule has 2 heterocycles. The summed E-state index contributed by atoms with van der Waals surface area (Å²) in [4.78, 5) is 39.7. The molecule has 0 unspecified atom stereocenters. The summed E-state index contributed by atoms with van der Waals surface area (Å²) in [5.74, 6) is 1.09. The van der Waals surface area contributed by atoms with Gasteiger partial charge in [0.25, 0.3) is 0 Å². The molecule has 0 radical (unpaired) electrons. The minimum atomic E-state index is -0.744. The van der Waals surface area contributed by atoms with Gasteiger partial charge >= 0.3 is 11.9 Å². The van der Waals surface area contributed by atoms with Crippen LogP contribution >= 0.6 is 0 Å². The standard InChI is InChI=1S/C31H38N2O6/c1-21-25(12-16-37-21)9-10-29(36)32-27-11-13-31(39-23(3)35)20-33(19-24-7-8-24)15-14-30(31,18-27)26-5-4-6-28(17-26)38-22(2)34/h4-6,9-10,12,16-17,24,27H,7-8,11,13-15,18-20H2,1-3H3,(H,32,36)/t27-,30+,31+/m1/s1. The lowest BCUT2D eigenvalue weighted by molar-refractivity contribution is -0.187. The summed E-state index contributed by atoms with van der Waals surface area (Å²) in [5, 5.41) is 3.20. The fraction of sp³-hybridized carbons (Fsp3) is 0.516. The first kappa shape index (κ1) is 27.2. The van der Waals surface area contributed by atoms with E-state index in [9.17, 15) is 14.4 Å². The van der Waals surface area contributed by atoms with E-state index >= 15 is 0 Å². The van der Waals surface area contributed by atoms with Crippen LogP contribution in [0.2, 0.25) is 0 Å². The van der Waals surface area contributed by atoms with E-state index in [1.165, 1.54) is 32.8 Å². The Morgan fingerprint density at radius 2 is 1.95 bits per heavy atom. The number of carbonyl (C=O) groups is 3. The van der Waals surface area contributed by atoms with E-state index in [0.29, 0.717) is 31.6 Å². The Kier molecular flexibility index (Phi) is 7.67. The molecule has 208 valence electrons. The van der Waals surface area contributed by atoms with Crippen molar-refractivity contribution in [2.45, 2.75) is 76.4 Å². The Labute approximate surface area is 229 Å². The van der Waals surface area contributed by atoms with Crippen LogP contribution in [0.3, 0.4) is 0 Å². The molecule has 2 saturated carbocycles. The Morgan fingerprint density at radius 3 is 2.64 bits per heavy atom. The molecule has 3 fully saturated rings. The van der Waals surface area contributed by atoms with E-state index in [4.69, 9.17) is 13.9 Å². The number of likely N-dealkylation sites (tertiary alicyclic amines) is 1. The number of nitrogens with one attached hydrogen (secondary N) is 1. The molecule has 39 heavy (non-hydrogen) atoms. The van der Waals surface area contributed by atoms with E-state index < -0.39 is 11.0 Å². The molecule has 1 aromatic heterocycles. The van der Waals surface area contributed by atoms with Gasteiger partial charge in [-0.25, -0.2) is 0 Å². The summed E-state index contributed by atoms with van der Waals surface area (Å²) >= 11 is 0. The number of ether oxygens (including phenoxy) is 2. The molecule has 0 bridgehead atoms. The summed E-state index contributed by atoms with van der Waals surface area (Å²) in [7, 11) is 0. The van der Waals surface area contributed by atoms with Crippen molar-refractivity contribution in [1.29, 1.82) is 0 Å². The van der Waals surface area contributed by atoms with Crippen LogP contribution in [-0.2, 0) is 24.5 Å². The highest BCUT2D eigenvalue weighted by molar-refractivity contribution is 5.92. The maximum atomic E-state index is 13.0. The van der Waals surface area contributed by atoms with Crippen molar-refractivity contribution in [3.8, 4) is 5.75 Å². The van der Waals surface area contributed by atoms with Gasteiger partial charge in [0.05, 0.1) is 6.26 Å². The fourth-order valence-corrected chi connectivity index (χ4v) is 6.64. The predicted octanol–water partition coefficient (Wildman–Crippen LogP) is 4.55. The molecule has 1 saturated heterocycles. The zero-order valence-corrected chi connectivity index (χ0v) is 23.0. The Morgan fingerprint density at radius 1 is 1.13 bits per heavy atom. The van der Waals surface area contributed by atoms with Gasteiger partial charge in [-0.2, -0.15) is 0 Å². The van der Waals surface area contributed by atoms with Crippen LogP contribution in [0.1, 0.15) is 69.3 Å². The highest BCUT2D eigenvalue weighted by atomic mass is 16.6.